The summed E-state index contributed by atoms with van der Waals surface area (Å²) in [6.45, 7) is 0. The van der Waals surface area contributed by atoms with Gasteiger partial charge in [0, 0.05) is 23.5 Å². The highest BCUT2D eigenvalue weighted by Crippen LogP contribution is 2.33. The molecule has 3 N–H and O–H groups in total. The van der Waals surface area contributed by atoms with E-state index >= 15 is 0 Å². The maximum atomic E-state index is 12.8. The first-order valence-corrected chi connectivity index (χ1v) is 10.1. The standard InChI is InChI=1S/C24H16F3N5O3/c25-24(26,27)14-5-7-15(8-6-14)29-23-28-12-11-19(30-23)17-3-1-2-4-20(17)32-31-16-9-10-18(22(34)35)21(33)13-16/h1-13,33H,(H,34,35)(H,28,29,30). The molecule has 0 fully saturated rings. The van der Waals surface area contributed by atoms with Crippen molar-refractivity contribution in [2.24, 2.45) is 10.2 Å². The molecule has 0 aliphatic rings. The summed E-state index contributed by atoms with van der Waals surface area (Å²) in [7, 11) is 0. The SMILES string of the molecule is O=C(O)c1ccc(N=Nc2ccccc2-c2ccnc(Nc3ccc(C(F)(F)F)cc3)n2)cc1O. The number of aromatic nitrogens is 2. The van der Waals surface area contributed by atoms with Gasteiger partial charge in [0.05, 0.1) is 22.6 Å². The number of azo groups is 1. The number of carboxylic acids is 1. The van der Waals surface area contributed by atoms with E-state index in [0.717, 1.165) is 12.1 Å². The van der Waals surface area contributed by atoms with E-state index in [9.17, 15) is 23.1 Å². The highest BCUT2D eigenvalue weighted by Gasteiger charge is 2.29. The Morgan fingerprint density at radius 3 is 2.37 bits per heavy atom. The molecule has 176 valence electrons. The predicted molar refractivity (Wildman–Crippen MR) is 121 cm³/mol. The van der Waals surface area contributed by atoms with Gasteiger partial charge < -0.3 is 15.5 Å². The van der Waals surface area contributed by atoms with Crippen LogP contribution in [-0.2, 0) is 6.18 Å². The van der Waals surface area contributed by atoms with E-state index in [1.54, 1.807) is 30.3 Å². The number of carboxylic acid groups (broad SMARTS) is 1. The van der Waals surface area contributed by atoms with Gasteiger partial charge in [-0.15, -0.1) is 5.11 Å². The Labute approximate surface area is 196 Å². The van der Waals surface area contributed by atoms with Gasteiger partial charge in [0.15, 0.2) is 0 Å². The minimum absolute atomic E-state index is 0.170. The first kappa shape index (κ1) is 23.4. The van der Waals surface area contributed by atoms with Gasteiger partial charge >= 0.3 is 12.1 Å². The van der Waals surface area contributed by atoms with E-state index in [2.05, 4.69) is 25.5 Å². The topological polar surface area (TPSA) is 120 Å². The molecule has 0 aliphatic heterocycles. The monoisotopic (exact) mass is 479 g/mol. The largest absolute Gasteiger partial charge is 0.507 e. The number of nitrogens with one attached hydrogen (secondary N) is 1. The van der Waals surface area contributed by atoms with Crippen molar-refractivity contribution in [1.82, 2.24) is 9.97 Å². The number of hydrogen-bond acceptors (Lipinski definition) is 7. The zero-order valence-electron chi connectivity index (χ0n) is 17.7. The molecular formula is C24H16F3N5O3. The summed E-state index contributed by atoms with van der Waals surface area (Å²) in [5, 5.41) is 30.0. The normalized spacial score (nSPS) is 11.5. The summed E-state index contributed by atoms with van der Waals surface area (Å²) in [6, 6.07) is 16.9. The second kappa shape index (κ2) is 9.59. The maximum Gasteiger partial charge on any atom is 0.416 e. The molecule has 0 bridgehead atoms. The van der Waals surface area contributed by atoms with Crippen LogP contribution in [0.3, 0.4) is 0 Å². The smallest absolute Gasteiger partial charge is 0.416 e. The van der Waals surface area contributed by atoms with Crippen LogP contribution >= 0.6 is 0 Å². The van der Waals surface area contributed by atoms with Crippen molar-refractivity contribution in [3.63, 3.8) is 0 Å². The molecular weight excluding hydrogens is 463 g/mol. The van der Waals surface area contributed by atoms with Gasteiger partial charge in [0.25, 0.3) is 0 Å². The fourth-order valence-electron chi connectivity index (χ4n) is 3.09. The van der Waals surface area contributed by atoms with Crippen LogP contribution in [0.1, 0.15) is 15.9 Å². The lowest BCUT2D eigenvalue weighted by Gasteiger charge is -2.10. The number of anilines is 2. The predicted octanol–water partition coefficient (Wildman–Crippen LogP) is 6.73. The molecule has 0 amide bonds. The molecule has 3 aromatic carbocycles. The van der Waals surface area contributed by atoms with Crippen molar-refractivity contribution < 1.29 is 28.2 Å². The van der Waals surface area contributed by atoms with Gasteiger partial charge in [-0.1, -0.05) is 18.2 Å². The van der Waals surface area contributed by atoms with E-state index in [1.807, 2.05) is 0 Å². The third-order valence-electron chi connectivity index (χ3n) is 4.79. The van der Waals surface area contributed by atoms with E-state index in [1.165, 1.54) is 36.5 Å². The molecule has 1 aromatic heterocycles. The number of carbonyl (C=O) groups is 1. The number of nitrogens with zero attached hydrogens (tertiary/aromatic N) is 4. The molecule has 0 saturated carbocycles. The molecule has 4 rings (SSSR count). The lowest BCUT2D eigenvalue weighted by molar-refractivity contribution is -0.137. The lowest BCUT2D eigenvalue weighted by atomic mass is 10.1. The Morgan fingerprint density at radius 2 is 1.69 bits per heavy atom. The summed E-state index contributed by atoms with van der Waals surface area (Å²) < 4.78 is 38.3. The van der Waals surface area contributed by atoms with Crippen LogP contribution in [0.15, 0.2) is 89.2 Å². The summed E-state index contributed by atoms with van der Waals surface area (Å²) in [4.78, 5) is 19.6. The summed E-state index contributed by atoms with van der Waals surface area (Å²) in [6.07, 6.45) is -2.93. The first-order chi connectivity index (χ1) is 16.7. The van der Waals surface area contributed by atoms with Crippen molar-refractivity contribution in [3.8, 4) is 17.0 Å². The Morgan fingerprint density at radius 1 is 0.943 bits per heavy atom. The molecule has 0 aliphatic carbocycles. The van der Waals surface area contributed by atoms with E-state index in [0.29, 0.717) is 22.6 Å². The van der Waals surface area contributed by atoms with Gasteiger partial charge in [-0.3, -0.25) is 0 Å². The van der Waals surface area contributed by atoms with Crippen molar-refractivity contribution in [2.75, 3.05) is 5.32 Å². The Bertz CT molecular complexity index is 1410. The number of aromatic carboxylic acids is 1. The highest BCUT2D eigenvalue weighted by atomic mass is 19.4. The average Bonchev–Trinajstić information content (AvgIpc) is 2.83. The molecule has 0 unspecified atom stereocenters. The molecule has 1 heterocycles. The Balaban J connectivity index is 1.58. The molecule has 8 nitrogen and oxygen atoms in total. The summed E-state index contributed by atoms with van der Waals surface area (Å²) >= 11 is 0. The molecule has 0 atom stereocenters. The number of benzene rings is 3. The van der Waals surface area contributed by atoms with Gasteiger partial charge in [0.2, 0.25) is 5.95 Å². The van der Waals surface area contributed by atoms with Gasteiger partial charge in [0.1, 0.15) is 11.3 Å². The van der Waals surface area contributed by atoms with Crippen molar-refractivity contribution in [2.45, 2.75) is 6.18 Å². The fourth-order valence-corrected chi connectivity index (χ4v) is 3.09. The van der Waals surface area contributed by atoms with Gasteiger partial charge in [-0.25, -0.2) is 14.8 Å². The highest BCUT2D eigenvalue weighted by molar-refractivity contribution is 5.91. The zero-order valence-corrected chi connectivity index (χ0v) is 17.7. The fraction of sp³-hybridized carbons (Fsp3) is 0.0417. The summed E-state index contributed by atoms with van der Waals surface area (Å²) in [5.74, 6) is -1.53. The number of rotatable bonds is 6. The number of phenols is 1. The maximum absolute atomic E-state index is 12.8. The number of aromatic hydroxyl groups is 1. The third-order valence-corrected chi connectivity index (χ3v) is 4.79. The van der Waals surface area contributed by atoms with Crippen molar-refractivity contribution >= 4 is 29.0 Å². The third kappa shape index (κ3) is 5.58. The molecule has 0 radical (unpaired) electrons. The van der Waals surface area contributed by atoms with Crippen LogP contribution in [0, 0.1) is 0 Å². The second-order valence-electron chi connectivity index (χ2n) is 7.19. The van der Waals surface area contributed by atoms with Crippen LogP contribution in [0.25, 0.3) is 11.3 Å². The van der Waals surface area contributed by atoms with Crippen LogP contribution < -0.4 is 5.32 Å². The van der Waals surface area contributed by atoms with Crippen molar-refractivity contribution in [3.05, 3.63) is 90.1 Å². The van der Waals surface area contributed by atoms with E-state index < -0.39 is 23.5 Å². The number of hydrogen-bond donors (Lipinski definition) is 3. The molecule has 4 aromatic rings. The quantitative estimate of drug-likeness (QED) is 0.264. The van der Waals surface area contributed by atoms with Gasteiger partial charge in [-0.2, -0.15) is 18.3 Å². The first-order valence-electron chi connectivity index (χ1n) is 10.1. The van der Waals surface area contributed by atoms with E-state index in [-0.39, 0.29) is 17.2 Å². The zero-order chi connectivity index (χ0) is 25.0. The van der Waals surface area contributed by atoms with Crippen molar-refractivity contribution in [1.29, 1.82) is 0 Å². The number of halogens is 3. The molecule has 0 spiro atoms. The second-order valence-corrected chi connectivity index (χ2v) is 7.19. The lowest BCUT2D eigenvalue weighted by Crippen LogP contribution is -2.04. The number of alkyl halides is 3. The van der Waals surface area contributed by atoms with Crippen LogP contribution in [0.4, 0.5) is 36.2 Å². The van der Waals surface area contributed by atoms with E-state index in [4.69, 9.17) is 5.11 Å². The Kier molecular flexibility index (Phi) is 6.40. The summed E-state index contributed by atoms with van der Waals surface area (Å²) in [5.41, 5.74) is 1.13. The Hall–Kier alpha value is -4.80. The minimum atomic E-state index is -4.43. The molecule has 11 heteroatoms. The van der Waals surface area contributed by atoms with Gasteiger partial charge in [-0.05, 0) is 48.5 Å². The molecule has 35 heavy (non-hydrogen) atoms. The average molecular weight is 479 g/mol. The molecule has 0 saturated heterocycles. The van der Waals surface area contributed by atoms with Crippen LogP contribution in [-0.4, -0.2) is 26.2 Å². The van der Waals surface area contributed by atoms with Crippen LogP contribution in [0.2, 0.25) is 0 Å². The van der Waals surface area contributed by atoms with Crippen LogP contribution in [0.5, 0.6) is 5.75 Å². The minimum Gasteiger partial charge on any atom is -0.507 e.